The van der Waals surface area contributed by atoms with Crippen molar-refractivity contribution in [3.05, 3.63) is 89.4 Å². The van der Waals surface area contributed by atoms with Crippen LogP contribution in [0.15, 0.2) is 67.0 Å². The first-order valence-electron chi connectivity index (χ1n) is 11.9. The number of hydrogen-bond donors (Lipinski definition) is 0. The van der Waals surface area contributed by atoms with E-state index in [0.29, 0.717) is 29.4 Å². The average molecular weight is 496 g/mol. The standard InChI is InChI=1S/C29H29N5O3/c1-20-8-11-26(21(2)15-20)34-27(17-25(32-34)24-10-9-23(36-3)16-28(24)37-4)29(35)33(14-6-12-30)19-22-7-5-13-31-18-22/h5,7-11,13,15-18H,6,14,19H2,1-4H3. The zero-order valence-corrected chi connectivity index (χ0v) is 21.4. The second-order valence-corrected chi connectivity index (χ2v) is 8.68. The summed E-state index contributed by atoms with van der Waals surface area (Å²) in [7, 11) is 3.18. The number of amides is 1. The quantitative estimate of drug-likeness (QED) is 0.320. The molecular formula is C29H29N5O3. The lowest BCUT2D eigenvalue weighted by molar-refractivity contribution is 0.0737. The minimum absolute atomic E-state index is 0.211. The molecule has 4 rings (SSSR count). The van der Waals surface area contributed by atoms with E-state index in [1.54, 1.807) is 48.3 Å². The highest BCUT2D eigenvalue weighted by atomic mass is 16.5. The molecule has 0 N–H and O–H groups in total. The highest BCUT2D eigenvalue weighted by Gasteiger charge is 2.25. The Balaban J connectivity index is 1.85. The van der Waals surface area contributed by atoms with Gasteiger partial charge in [-0.3, -0.25) is 9.78 Å². The monoisotopic (exact) mass is 495 g/mol. The van der Waals surface area contributed by atoms with Gasteiger partial charge < -0.3 is 14.4 Å². The molecule has 0 radical (unpaired) electrons. The molecule has 2 heterocycles. The Bertz CT molecular complexity index is 1440. The van der Waals surface area contributed by atoms with Crippen LogP contribution in [-0.2, 0) is 6.54 Å². The average Bonchev–Trinajstić information content (AvgIpc) is 3.35. The number of nitrogens with zero attached hydrogens (tertiary/aromatic N) is 5. The molecule has 0 aliphatic heterocycles. The maximum atomic E-state index is 14.0. The van der Waals surface area contributed by atoms with Crippen molar-refractivity contribution in [2.45, 2.75) is 26.8 Å². The van der Waals surface area contributed by atoms with Gasteiger partial charge in [0.15, 0.2) is 0 Å². The molecule has 2 aromatic heterocycles. The largest absolute Gasteiger partial charge is 0.497 e. The predicted molar refractivity (Wildman–Crippen MR) is 141 cm³/mol. The van der Waals surface area contributed by atoms with Crippen LogP contribution < -0.4 is 9.47 Å². The molecule has 0 bridgehead atoms. The van der Waals surface area contributed by atoms with Gasteiger partial charge in [-0.25, -0.2) is 4.68 Å². The fraction of sp³-hybridized carbons (Fsp3) is 0.241. The molecule has 4 aromatic rings. The van der Waals surface area contributed by atoms with E-state index < -0.39 is 0 Å². The molecule has 0 fully saturated rings. The Morgan fingerprint density at radius 2 is 1.92 bits per heavy atom. The fourth-order valence-corrected chi connectivity index (χ4v) is 4.21. The Morgan fingerprint density at radius 3 is 2.59 bits per heavy atom. The van der Waals surface area contributed by atoms with E-state index in [2.05, 4.69) is 17.1 Å². The van der Waals surface area contributed by atoms with Gasteiger partial charge in [-0.05, 0) is 55.3 Å². The molecule has 0 aliphatic carbocycles. The van der Waals surface area contributed by atoms with Gasteiger partial charge in [-0.1, -0.05) is 23.8 Å². The molecule has 0 saturated heterocycles. The predicted octanol–water partition coefficient (Wildman–Crippen LogP) is 5.12. The number of aryl methyl sites for hydroxylation is 2. The van der Waals surface area contributed by atoms with Crippen molar-refractivity contribution < 1.29 is 14.3 Å². The van der Waals surface area contributed by atoms with Gasteiger partial charge in [-0.15, -0.1) is 0 Å². The normalized spacial score (nSPS) is 10.6. The summed E-state index contributed by atoms with van der Waals surface area (Å²) in [6.45, 7) is 4.63. The van der Waals surface area contributed by atoms with E-state index in [1.807, 2.05) is 50.2 Å². The van der Waals surface area contributed by atoms with E-state index in [4.69, 9.17) is 14.6 Å². The number of aromatic nitrogens is 3. The van der Waals surface area contributed by atoms with Crippen LogP contribution in [0.5, 0.6) is 11.5 Å². The number of carbonyl (C=O) groups is 1. The van der Waals surface area contributed by atoms with Gasteiger partial charge in [0, 0.05) is 37.1 Å². The second kappa shape index (κ2) is 11.4. The number of benzene rings is 2. The molecule has 0 spiro atoms. The van der Waals surface area contributed by atoms with Crippen molar-refractivity contribution in [2.24, 2.45) is 0 Å². The summed E-state index contributed by atoms with van der Waals surface area (Å²) in [5, 5.41) is 14.1. The van der Waals surface area contributed by atoms with Gasteiger partial charge in [0.05, 0.1) is 38.1 Å². The molecule has 1 amide bonds. The molecule has 37 heavy (non-hydrogen) atoms. The molecule has 0 unspecified atom stereocenters. The lowest BCUT2D eigenvalue weighted by atomic mass is 10.1. The van der Waals surface area contributed by atoms with Gasteiger partial charge in [0.1, 0.15) is 17.2 Å². The lowest BCUT2D eigenvalue weighted by Gasteiger charge is -2.22. The lowest BCUT2D eigenvalue weighted by Crippen LogP contribution is -2.33. The Hall–Kier alpha value is -4.64. The zero-order chi connectivity index (χ0) is 26.4. The summed E-state index contributed by atoms with van der Waals surface area (Å²) in [5.41, 5.74) is 5.49. The Morgan fingerprint density at radius 1 is 1.08 bits per heavy atom. The van der Waals surface area contributed by atoms with Crippen molar-refractivity contribution in [1.29, 1.82) is 5.26 Å². The van der Waals surface area contributed by atoms with Crippen molar-refractivity contribution >= 4 is 5.91 Å². The highest BCUT2D eigenvalue weighted by molar-refractivity contribution is 5.94. The number of carbonyl (C=O) groups excluding carboxylic acids is 1. The fourth-order valence-electron chi connectivity index (χ4n) is 4.21. The first-order valence-corrected chi connectivity index (χ1v) is 11.9. The summed E-state index contributed by atoms with van der Waals surface area (Å²) in [6, 6.07) is 19.2. The molecule has 2 aromatic carbocycles. The summed E-state index contributed by atoms with van der Waals surface area (Å²) >= 11 is 0. The number of hydrogen-bond acceptors (Lipinski definition) is 6. The van der Waals surface area contributed by atoms with Gasteiger partial charge >= 0.3 is 0 Å². The number of pyridine rings is 1. The van der Waals surface area contributed by atoms with Gasteiger partial charge in [-0.2, -0.15) is 10.4 Å². The van der Waals surface area contributed by atoms with E-state index >= 15 is 0 Å². The van der Waals surface area contributed by atoms with Crippen LogP contribution in [0, 0.1) is 25.2 Å². The van der Waals surface area contributed by atoms with E-state index in [1.165, 1.54) is 0 Å². The molecular weight excluding hydrogens is 466 g/mol. The smallest absolute Gasteiger partial charge is 0.272 e. The van der Waals surface area contributed by atoms with Crippen molar-refractivity contribution in [3.8, 4) is 34.5 Å². The van der Waals surface area contributed by atoms with Crippen molar-refractivity contribution in [1.82, 2.24) is 19.7 Å². The van der Waals surface area contributed by atoms with Crippen LogP contribution in [0.1, 0.15) is 33.6 Å². The van der Waals surface area contributed by atoms with Crippen LogP contribution >= 0.6 is 0 Å². The summed E-state index contributed by atoms with van der Waals surface area (Å²) in [5.74, 6) is 1.01. The number of ether oxygens (including phenoxy) is 2. The Kier molecular flexibility index (Phi) is 7.84. The number of rotatable bonds is 9. The minimum Gasteiger partial charge on any atom is -0.497 e. The molecule has 0 atom stereocenters. The van der Waals surface area contributed by atoms with Crippen LogP contribution in [0.2, 0.25) is 0 Å². The Labute approximate surface area is 216 Å². The van der Waals surface area contributed by atoms with Gasteiger partial charge in [0.25, 0.3) is 5.91 Å². The van der Waals surface area contributed by atoms with E-state index in [0.717, 1.165) is 27.9 Å². The third kappa shape index (κ3) is 5.62. The maximum Gasteiger partial charge on any atom is 0.272 e. The summed E-state index contributed by atoms with van der Waals surface area (Å²) in [6.07, 6.45) is 3.62. The summed E-state index contributed by atoms with van der Waals surface area (Å²) < 4.78 is 12.6. The molecule has 8 nitrogen and oxygen atoms in total. The van der Waals surface area contributed by atoms with Crippen LogP contribution in [0.3, 0.4) is 0 Å². The van der Waals surface area contributed by atoms with Crippen molar-refractivity contribution in [3.63, 3.8) is 0 Å². The van der Waals surface area contributed by atoms with E-state index in [9.17, 15) is 10.1 Å². The molecule has 188 valence electrons. The maximum absolute atomic E-state index is 14.0. The third-order valence-corrected chi connectivity index (χ3v) is 6.07. The van der Waals surface area contributed by atoms with Crippen LogP contribution in [0.25, 0.3) is 16.9 Å². The first-order chi connectivity index (χ1) is 17.9. The van der Waals surface area contributed by atoms with Gasteiger partial charge in [0.2, 0.25) is 0 Å². The number of nitriles is 1. The zero-order valence-electron chi connectivity index (χ0n) is 21.4. The van der Waals surface area contributed by atoms with Crippen molar-refractivity contribution in [2.75, 3.05) is 20.8 Å². The third-order valence-electron chi connectivity index (χ3n) is 6.07. The highest BCUT2D eigenvalue weighted by Crippen LogP contribution is 2.34. The second-order valence-electron chi connectivity index (χ2n) is 8.68. The number of methoxy groups -OCH3 is 2. The molecule has 8 heteroatoms. The van der Waals surface area contributed by atoms with Crippen LogP contribution in [0.4, 0.5) is 0 Å². The molecule has 0 aliphatic rings. The summed E-state index contributed by atoms with van der Waals surface area (Å²) in [4.78, 5) is 19.8. The van der Waals surface area contributed by atoms with E-state index in [-0.39, 0.29) is 18.9 Å². The minimum atomic E-state index is -0.231. The SMILES string of the molecule is COc1ccc(-c2cc(C(=O)N(CCC#N)Cc3cccnc3)n(-c3ccc(C)cc3C)n2)c(OC)c1. The topological polar surface area (TPSA) is 93.3 Å². The molecule has 0 saturated carbocycles. The first kappa shape index (κ1) is 25.5. The van der Waals surface area contributed by atoms with Crippen LogP contribution in [-0.4, -0.2) is 46.3 Å².